The highest BCUT2D eigenvalue weighted by Gasteiger charge is 2.10. The van der Waals surface area contributed by atoms with Crippen LogP contribution >= 0.6 is 0 Å². The molecule has 2 heterocycles. The van der Waals surface area contributed by atoms with Crippen LogP contribution in [0.5, 0.6) is 0 Å². The second kappa shape index (κ2) is 6.79. The van der Waals surface area contributed by atoms with Gasteiger partial charge >= 0.3 is 0 Å². The molecule has 1 aliphatic rings. The van der Waals surface area contributed by atoms with Crippen molar-refractivity contribution in [3.63, 3.8) is 0 Å². The predicted molar refractivity (Wildman–Crippen MR) is 96.8 cm³/mol. The SMILES string of the molecule is O=c1cc(CNC2=CCC=CC=C2)nc2nc(-c3ccc(F)cc3)[nH]n12. The summed E-state index contributed by atoms with van der Waals surface area (Å²) < 4.78 is 14.3. The molecule has 26 heavy (non-hydrogen) atoms. The van der Waals surface area contributed by atoms with Gasteiger partial charge in [0.15, 0.2) is 5.82 Å². The first kappa shape index (κ1) is 16.0. The number of hydrogen-bond acceptors (Lipinski definition) is 4. The third kappa shape index (κ3) is 3.32. The van der Waals surface area contributed by atoms with Crippen LogP contribution in [-0.4, -0.2) is 19.6 Å². The van der Waals surface area contributed by atoms with Gasteiger partial charge in [-0.2, -0.15) is 9.50 Å². The van der Waals surface area contributed by atoms with Gasteiger partial charge in [-0.15, -0.1) is 0 Å². The van der Waals surface area contributed by atoms with Crippen molar-refractivity contribution in [2.24, 2.45) is 0 Å². The van der Waals surface area contributed by atoms with Crippen molar-refractivity contribution in [1.29, 1.82) is 0 Å². The van der Waals surface area contributed by atoms with Crippen molar-refractivity contribution >= 4 is 5.78 Å². The van der Waals surface area contributed by atoms with E-state index in [1.165, 1.54) is 22.7 Å². The van der Waals surface area contributed by atoms with Crippen LogP contribution in [-0.2, 0) is 6.54 Å². The minimum Gasteiger partial charge on any atom is -0.380 e. The number of aromatic nitrogens is 4. The Labute approximate surface area is 148 Å². The summed E-state index contributed by atoms with van der Waals surface area (Å²) in [6.07, 6.45) is 10.9. The van der Waals surface area contributed by atoms with E-state index in [0.29, 0.717) is 23.6 Å². The summed E-state index contributed by atoms with van der Waals surface area (Å²) in [6.45, 7) is 0.417. The largest absolute Gasteiger partial charge is 0.380 e. The Morgan fingerprint density at radius 3 is 2.88 bits per heavy atom. The lowest BCUT2D eigenvalue weighted by Gasteiger charge is -2.06. The summed E-state index contributed by atoms with van der Waals surface area (Å²) >= 11 is 0. The molecule has 0 fully saturated rings. The maximum Gasteiger partial charge on any atom is 0.274 e. The lowest BCUT2D eigenvalue weighted by molar-refractivity contribution is 0.628. The maximum absolute atomic E-state index is 13.1. The van der Waals surface area contributed by atoms with E-state index in [0.717, 1.165) is 12.1 Å². The number of nitrogens with zero attached hydrogens (tertiary/aromatic N) is 3. The van der Waals surface area contributed by atoms with Gasteiger partial charge in [-0.1, -0.05) is 24.3 Å². The van der Waals surface area contributed by atoms with Gasteiger partial charge in [-0.05, 0) is 36.8 Å². The lowest BCUT2D eigenvalue weighted by atomic mass is 10.2. The van der Waals surface area contributed by atoms with Crippen molar-refractivity contribution in [2.75, 3.05) is 0 Å². The van der Waals surface area contributed by atoms with Gasteiger partial charge in [0.05, 0.1) is 12.2 Å². The Kier molecular flexibility index (Phi) is 4.18. The van der Waals surface area contributed by atoms with E-state index >= 15 is 0 Å². The molecule has 7 heteroatoms. The van der Waals surface area contributed by atoms with Gasteiger partial charge in [0.2, 0.25) is 0 Å². The van der Waals surface area contributed by atoms with E-state index in [1.54, 1.807) is 12.1 Å². The highest BCUT2D eigenvalue weighted by atomic mass is 19.1. The molecule has 0 saturated carbocycles. The van der Waals surface area contributed by atoms with Gasteiger partial charge in [-0.25, -0.2) is 9.37 Å². The number of nitrogens with one attached hydrogen (secondary N) is 2. The molecule has 3 aromatic rings. The van der Waals surface area contributed by atoms with E-state index in [9.17, 15) is 9.18 Å². The minimum absolute atomic E-state index is 0.250. The average Bonchev–Trinajstić information content (AvgIpc) is 2.90. The van der Waals surface area contributed by atoms with E-state index in [1.807, 2.05) is 18.2 Å². The third-order valence-electron chi connectivity index (χ3n) is 3.97. The van der Waals surface area contributed by atoms with Crippen molar-refractivity contribution in [3.05, 3.63) is 88.3 Å². The van der Waals surface area contributed by atoms with Crippen molar-refractivity contribution in [3.8, 4) is 11.4 Å². The Morgan fingerprint density at radius 1 is 1.19 bits per heavy atom. The summed E-state index contributed by atoms with van der Waals surface area (Å²) in [4.78, 5) is 21.1. The van der Waals surface area contributed by atoms with Gasteiger partial charge in [0.1, 0.15) is 5.82 Å². The number of allylic oxidation sites excluding steroid dienone is 5. The first-order chi connectivity index (χ1) is 12.7. The van der Waals surface area contributed by atoms with E-state index in [-0.39, 0.29) is 17.2 Å². The summed E-state index contributed by atoms with van der Waals surface area (Å²) in [5.41, 5.74) is 2.00. The van der Waals surface area contributed by atoms with E-state index in [2.05, 4.69) is 32.5 Å². The zero-order chi connectivity index (χ0) is 17.9. The average molecular weight is 349 g/mol. The number of fused-ring (bicyclic) bond motifs is 1. The second-order valence-corrected chi connectivity index (χ2v) is 5.84. The molecule has 1 aromatic carbocycles. The number of aromatic amines is 1. The molecule has 0 spiro atoms. The predicted octanol–water partition coefficient (Wildman–Crippen LogP) is 2.71. The summed E-state index contributed by atoms with van der Waals surface area (Å²) in [5.74, 6) is 0.409. The van der Waals surface area contributed by atoms with Gasteiger partial charge in [-0.3, -0.25) is 9.89 Å². The Bertz CT molecular complexity index is 1090. The Morgan fingerprint density at radius 2 is 2.04 bits per heavy atom. The fraction of sp³-hybridized carbons (Fsp3) is 0.105. The highest BCUT2D eigenvalue weighted by Crippen LogP contribution is 2.15. The molecule has 0 saturated heterocycles. The van der Waals surface area contributed by atoms with E-state index < -0.39 is 0 Å². The molecular formula is C19H16FN5O. The van der Waals surface area contributed by atoms with Crippen molar-refractivity contribution < 1.29 is 4.39 Å². The molecule has 1 aliphatic carbocycles. The Balaban J connectivity index is 1.60. The minimum atomic E-state index is -0.328. The molecule has 0 aliphatic heterocycles. The molecule has 0 unspecified atom stereocenters. The van der Waals surface area contributed by atoms with Crippen LogP contribution in [0.1, 0.15) is 12.1 Å². The van der Waals surface area contributed by atoms with Crippen LogP contribution < -0.4 is 10.9 Å². The quantitative estimate of drug-likeness (QED) is 0.759. The lowest BCUT2D eigenvalue weighted by Crippen LogP contribution is -2.19. The normalized spacial score (nSPS) is 13.7. The number of hydrogen-bond donors (Lipinski definition) is 2. The van der Waals surface area contributed by atoms with Crippen LogP contribution in [0.15, 0.2) is 71.2 Å². The molecule has 2 aromatic heterocycles. The molecule has 0 amide bonds. The van der Waals surface area contributed by atoms with Crippen molar-refractivity contribution in [1.82, 2.24) is 24.9 Å². The summed E-state index contributed by atoms with van der Waals surface area (Å²) in [7, 11) is 0. The number of H-pyrrole nitrogens is 1. The van der Waals surface area contributed by atoms with Crippen LogP contribution in [0.2, 0.25) is 0 Å². The number of rotatable bonds is 4. The zero-order valence-corrected chi connectivity index (χ0v) is 13.8. The standard InChI is InChI=1S/C19H16FN5O/c20-14-9-7-13(8-10-14)18-23-19-22-16(11-17(26)25(19)24-18)12-21-15-5-3-1-2-4-6-15/h1-3,5-11,21H,4,12H2,(H,22,23,24). The molecule has 0 atom stereocenters. The smallest absolute Gasteiger partial charge is 0.274 e. The van der Waals surface area contributed by atoms with Crippen LogP contribution in [0.4, 0.5) is 4.39 Å². The molecule has 2 N–H and O–H groups in total. The topological polar surface area (TPSA) is 75.1 Å². The molecule has 6 nitrogen and oxygen atoms in total. The first-order valence-corrected chi connectivity index (χ1v) is 8.21. The molecule has 4 rings (SSSR count). The van der Waals surface area contributed by atoms with Crippen LogP contribution in [0.3, 0.4) is 0 Å². The third-order valence-corrected chi connectivity index (χ3v) is 3.97. The zero-order valence-electron chi connectivity index (χ0n) is 13.8. The fourth-order valence-electron chi connectivity index (χ4n) is 2.66. The molecule has 130 valence electrons. The van der Waals surface area contributed by atoms with E-state index in [4.69, 9.17) is 0 Å². The van der Waals surface area contributed by atoms with Crippen LogP contribution in [0, 0.1) is 5.82 Å². The van der Waals surface area contributed by atoms with Gasteiger partial charge < -0.3 is 5.32 Å². The summed E-state index contributed by atoms with van der Waals surface area (Å²) in [5, 5.41) is 6.16. The number of benzene rings is 1. The van der Waals surface area contributed by atoms with Crippen LogP contribution in [0.25, 0.3) is 17.2 Å². The fourth-order valence-corrected chi connectivity index (χ4v) is 2.66. The van der Waals surface area contributed by atoms with Gasteiger partial charge in [0.25, 0.3) is 11.3 Å². The monoisotopic (exact) mass is 349 g/mol. The molecule has 0 radical (unpaired) electrons. The Hall–Kier alpha value is -3.48. The number of halogens is 1. The molecular weight excluding hydrogens is 333 g/mol. The summed E-state index contributed by atoms with van der Waals surface area (Å²) in [6, 6.07) is 7.35. The van der Waals surface area contributed by atoms with Gasteiger partial charge in [0, 0.05) is 17.3 Å². The maximum atomic E-state index is 13.1. The van der Waals surface area contributed by atoms with Crippen molar-refractivity contribution in [2.45, 2.75) is 13.0 Å². The molecule has 0 bridgehead atoms. The first-order valence-electron chi connectivity index (χ1n) is 8.21. The second-order valence-electron chi connectivity index (χ2n) is 5.84. The highest BCUT2D eigenvalue weighted by molar-refractivity contribution is 5.56.